The maximum absolute atomic E-state index is 14.2. The Balaban J connectivity index is 1.41. The van der Waals surface area contributed by atoms with Gasteiger partial charge in [0.15, 0.2) is 0 Å². The number of non-ortho nitro benzene ring substituents is 1. The predicted octanol–water partition coefficient (Wildman–Crippen LogP) is 7.85. The highest BCUT2D eigenvalue weighted by Gasteiger charge is 2.35. The molecule has 8 nitrogen and oxygen atoms in total. The van der Waals surface area contributed by atoms with Gasteiger partial charge in [0.25, 0.3) is 5.69 Å². The fourth-order valence-corrected chi connectivity index (χ4v) is 6.15. The average molecular weight is 643 g/mol. The molecular formula is C37H36F2N2O6. The van der Waals surface area contributed by atoms with Gasteiger partial charge in [-0.2, -0.15) is 0 Å². The Morgan fingerprint density at radius 2 is 1.51 bits per heavy atom. The minimum atomic E-state index is -0.991. The molecule has 0 radical (unpaired) electrons. The van der Waals surface area contributed by atoms with E-state index in [1.807, 2.05) is 30.3 Å². The van der Waals surface area contributed by atoms with Crippen LogP contribution in [0.2, 0.25) is 0 Å². The number of nitro benzene ring substituents is 1. The van der Waals surface area contributed by atoms with Crippen LogP contribution in [0.25, 0.3) is 0 Å². The van der Waals surface area contributed by atoms with Crippen molar-refractivity contribution >= 4 is 23.1 Å². The highest BCUT2D eigenvalue weighted by atomic mass is 19.1. The van der Waals surface area contributed by atoms with E-state index < -0.39 is 40.5 Å². The smallest absolute Gasteiger partial charge is 0.308 e. The number of halogens is 2. The van der Waals surface area contributed by atoms with Gasteiger partial charge in [-0.15, -0.1) is 0 Å². The molecule has 0 aliphatic carbocycles. The van der Waals surface area contributed by atoms with Crippen LogP contribution in [0.1, 0.15) is 66.9 Å². The molecule has 0 amide bonds. The van der Waals surface area contributed by atoms with E-state index in [4.69, 9.17) is 4.74 Å². The minimum Gasteiger partial charge on any atom is -0.465 e. The number of rotatable bonds is 14. The number of hydrogen-bond donors (Lipinski definition) is 2. The summed E-state index contributed by atoms with van der Waals surface area (Å²) in [6.45, 7) is 0.279. The summed E-state index contributed by atoms with van der Waals surface area (Å²) in [5, 5.41) is 25.7. The number of ketones is 1. The van der Waals surface area contributed by atoms with Gasteiger partial charge >= 0.3 is 5.97 Å². The van der Waals surface area contributed by atoms with E-state index in [1.165, 1.54) is 60.7 Å². The van der Waals surface area contributed by atoms with Crippen molar-refractivity contribution in [1.29, 1.82) is 0 Å². The molecule has 10 heteroatoms. The number of ether oxygens (including phenoxy) is 1. The molecule has 1 heterocycles. The summed E-state index contributed by atoms with van der Waals surface area (Å²) in [6, 6.07) is 26.0. The van der Waals surface area contributed by atoms with Crippen LogP contribution in [0.4, 0.5) is 20.2 Å². The highest BCUT2D eigenvalue weighted by molar-refractivity contribution is 5.83. The second-order valence-electron chi connectivity index (χ2n) is 11.9. The van der Waals surface area contributed by atoms with Crippen molar-refractivity contribution in [2.75, 3.05) is 11.9 Å². The number of anilines is 1. The van der Waals surface area contributed by atoms with Gasteiger partial charge in [-0.25, -0.2) is 8.78 Å². The molecule has 1 aliphatic rings. The summed E-state index contributed by atoms with van der Waals surface area (Å²) in [7, 11) is 0. The molecule has 1 aliphatic heterocycles. The monoisotopic (exact) mass is 642 g/mol. The molecule has 1 saturated heterocycles. The first-order chi connectivity index (χ1) is 22.7. The third kappa shape index (κ3) is 8.86. The maximum Gasteiger partial charge on any atom is 0.308 e. The molecule has 1 fully saturated rings. The van der Waals surface area contributed by atoms with E-state index in [9.17, 15) is 33.6 Å². The molecule has 5 atom stereocenters. The Morgan fingerprint density at radius 3 is 2.15 bits per heavy atom. The van der Waals surface area contributed by atoms with Gasteiger partial charge in [0.05, 0.1) is 29.6 Å². The third-order valence-corrected chi connectivity index (χ3v) is 8.79. The number of cyclic esters (lactones) is 1. The van der Waals surface area contributed by atoms with Crippen molar-refractivity contribution in [3.63, 3.8) is 0 Å². The average Bonchev–Trinajstić information content (AvgIpc) is 3.09. The van der Waals surface area contributed by atoms with Crippen molar-refractivity contribution in [1.82, 2.24) is 0 Å². The van der Waals surface area contributed by atoms with Gasteiger partial charge in [0.2, 0.25) is 0 Å². The summed E-state index contributed by atoms with van der Waals surface area (Å²) in [5.74, 6) is -2.62. The minimum absolute atomic E-state index is 0.0173. The topological polar surface area (TPSA) is 119 Å². The lowest BCUT2D eigenvalue weighted by atomic mass is 9.80. The number of nitrogens with zero attached hydrogens (tertiary/aromatic N) is 1. The standard InChI is InChI=1S/C37H36F2N2O6/c38-29-11-6-25(7-12-29)34(42)21-19-33(35(43)20-10-27-22-28(23-47-37(27)44)24-4-2-1-3-5-24)36(40-31-15-13-30(39)14-16-31)26-8-17-32(18-9-26)41(45)46/h1-9,11-18,27-28,33-34,36,40,42H,10,19-23H2/t27?,28-,33+,34+,36-/m1/s1. The molecule has 0 saturated carbocycles. The van der Waals surface area contributed by atoms with Gasteiger partial charge in [-0.1, -0.05) is 54.6 Å². The van der Waals surface area contributed by atoms with Gasteiger partial charge in [-0.05, 0) is 78.8 Å². The van der Waals surface area contributed by atoms with E-state index in [0.29, 0.717) is 23.2 Å². The number of Topliss-reactive ketones (excluding diaryl/α,β-unsaturated/α-hetero) is 1. The van der Waals surface area contributed by atoms with Crippen LogP contribution in [0.5, 0.6) is 0 Å². The van der Waals surface area contributed by atoms with Gasteiger partial charge in [-0.3, -0.25) is 19.7 Å². The van der Waals surface area contributed by atoms with Crippen LogP contribution in [0.3, 0.4) is 0 Å². The van der Waals surface area contributed by atoms with Gasteiger partial charge in [0, 0.05) is 36.1 Å². The quantitative estimate of drug-likeness (QED) is 0.0817. The molecule has 2 N–H and O–H groups in total. The normalized spacial score (nSPS) is 18.1. The molecule has 0 bridgehead atoms. The van der Waals surface area contributed by atoms with Crippen molar-refractivity contribution in [2.45, 2.75) is 50.2 Å². The molecule has 1 unspecified atom stereocenters. The molecular weight excluding hydrogens is 606 g/mol. The van der Waals surface area contributed by atoms with Crippen LogP contribution >= 0.6 is 0 Å². The molecule has 4 aromatic carbocycles. The Labute approximate surface area is 271 Å². The van der Waals surface area contributed by atoms with Crippen LogP contribution in [-0.4, -0.2) is 28.4 Å². The first kappa shape index (κ1) is 33.4. The van der Waals surface area contributed by atoms with Crippen molar-refractivity contribution in [2.24, 2.45) is 11.8 Å². The number of benzene rings is 4. The molecule has 47 heavy (non-hydrogen) atoms. The zero-order valence-corrected chi connectivity index (χ0v) is 25.6. The molecule has 244 valence electrons. The second-order valence-corrected chi connectivity index (χ2v) is 11.9. The van der Waals surface area contributed by atoms with E-state index in [0.717, 1.165) is 5.56 Å². The zero-order chi connectivity index (χ0) is 33.3. The van der Waals surface area contributed by atoms with E-state index in [-0.39, 0.29) is 55.6 Å². The van der Waals surface area contributed by atoms with Crippen molar-refractivity contribution in [3.8, 4) is 0 Å². The summed E-state index contributed by atoms with van der Waals surface area (Å²) in [6.07, 6.45) is 0.208. The fourth-order valence-electron chi connectivity index (χ4n) is 6.15. The number of hydrogen-bond acceptors (Lipinski definition) is 7. The van der Waals surface area contributed by atoms with Crippen LogP contribution < -0.4 is 5.32 Å². The largest absolute Gasteiger partial charge is 0.465 e. The number of carbonyl (C=O) groups excluding carboxylic acids is 2. The lowest BCUT2D eigenvalue weighted by Crippen LogP contribution is -2.32. The summed E-state index contributed by atoms with van der Waals surface area (Å²) in [4.78, 5) is 37.8. The lowest BCUT2D eigenvalue weighted by molar-refractivity contribution is -0.384. The third-order valence-electron chi connectivity index (χ3n) is 8.79. The molecule has 0 aromatic heterocycles. The van der Waals surface area contributed by atoms with E-state index in [2.05, 4.69) is 5.32 Å². The van der Waals surface area contributed by atoms with Crippen molar-refractivity contribution < 1.29 is 33.1 Å². The lowest BCUT2D eigenvalue weighted by Gasteiger charge is -2.31. The van der Waals surface area contributed by atoms with Gasteiger partial charge in [0.1, 0.15) is 17.4 Å². The van der Waals surface area contributed by atoms with Crippen LogP contribution in [0, 0.1) is 33.6 Å². The first-order valence-electron chi connectivity index (χ1n) is 15.6. The number of aliphatic hydroxyl groups is 1. The number of esters is 1. The fraction of sp³-hybridized carbons (Fsp3) is 0.297. The Bertz CT molecular complexity index is 1650. The van der Waals surface area contributed by atoms with Crippen LogP contribution in [-0.2, 0) is 14.3 Å². The molecule has 0 spiro atoms. The predicted molar refractivity (Wildman–Crippen MR) is 172 cm³/mol. The number of aliphatic hydroxyl groups excluding tert-OH is 1. The molecule has 4 aromatic rings. The Kier molecular flexibility index (Phi) is 11.1. The zero-order valence-electron chi connectivity index (χ0n) is 25.6. The van der Waals surface area contributed by atoms with Crippen molar-refractivity contribution in [3.05, 3.63) is 142 Å². The number of nitrogens with one attached hydrogen (secondary N) is 1. The van der Waals surface area contributed by atoms with E-state index in [1.54, 1.807) is 12.1 Å². The highest BCUT2D eigenvalue weighted by Crippen LogP contribution is 2.37. The van der Waals surface area contributed by atoms with Crippen LogP contribution in [0.15, 0.2) is 103 Å². The number of carbonyl (C=O) groups is 2. The SMILES string of the molecule is O=C1OC[C@H](c2ccccc2)CC1CCC(=O)[C@H](CC[C@H](O)c1ccc(F)cc1)[C@H](Nc1ccc(F)cc1)c1ccc([N+](=O)[O-])cc1. The second kappa shape index (κ2) is 15.6. The maximum atomic E-state index is 14.2. The summed E-state index contributed by atoms with van der Waals surface area (Å²) in [5.41, 5.74) is 2.54. The van der Waals surface area contributed by atoms with Gasteiger partial charge < -0.3 is 15.2 Å². The Morgan fingerprint density at radius 1 is 0.894 bits per heavy atom. The number of nitro groups is 1. The summed E-state index contributed by atoms with van der Waals surface area (Å²) >= 11 is 0. The molecule has 5 rings (SSSR count). The first-order valence-corrected chi connectivity index (χ1v) is 15.6. The summed E-state index contributed by atoms with van der Waals surface area (Å²) < 4.78 is 32.8. The van der Waals surface area contributed by atoms with E-state index >= 15 is 0 Å². The Hall–Kier alpha value is -4.96.